The normalized spacial score (nSPS) is 17.5. The molecule has 2 atom stereocenters. The lowest BCUT2D eigenvalue weighted by Crippen LogP contribution is -2.47. The molecule has 1 aliphatic heterocycles. The van der Waals surface area contributed by atoms with Gasteiger partial charge < -0.3 is 20.1 Å². The summed E-state index contributed by atoms with van der Waals surface area (Å²) in [5.74, 6) is 2.63. The van der Waals surface area contributed by atoms with Crippen molar-refractivity contribution in [3.8, 4) is 5.75 Å². The highest BCUT2D eigenvalue weighted by atomic mass is 19.1. The lowest BCUT2D eigenvalue weighted by Gasteiger charge is -2.25. The van der Waals surface area contributed by atoms with E-state index in [1.165, 1.54) is 12.1 Å². The minimum Gasteiger partial charge on any atom is -0.489 e. The second-order valence-electron chi connectivity index (χ2n) is 7.04. The predicted octanol–water partition coefficient (Wildman–Crippen LogP) is 1.90. The van der Waals surface area contributed by atoms with E-state index in [1.54, 1.807) is 19.2 Å². The summed E-state index contributed by atoms with van der Waals surface area (Å²) < 4.78 is 26.1. The van der Waals surface area contributed by atoms with Crippen LogP contribution in [0.15, 0.2) is 29.3 Å². The van der Waals surface area contributed by atoms with Crippen LogP contribution in [0, 0.1) is 5.82 Å². The Morgan fingerprint density at radius 1 is 1.45 bits per heavy atom. The number of benzene rings is 1. The molecule has 2 N–H and O–H groups in total. The Morgan fingerprint density at radius 3 is 3.07 bits per heavy atom. The molecule has 158 valence electrons. The van der Waals surface area contributed by atoms with Crippen molar-refractivity contribution in [1.29, 1.82) is 0 Å². The van der Waals surface area contributed by atoms with Crippen molar-refractivity contribution in [3.05, 3.63) is 41.7 Å². The van der Waals surface area contributed by atoms with Gasteiger partial charge in [0.15, 0.2) is 11.8 Å². The van der Waals surface area contributed by atoms with Crippen molar-refractivity contribution >= 4 is 5.96 Å². The molecule has 2 unspecified atom stereocenters. The van der Waals surface area contributed by atoms with E-state index in [0.29, 0.717) is 24.7 Å². The third kappa shape index (κ3) is 6.15. The first-order valence-electron chi connectivity index (χ1n) is 9.96. The van der Waals surface area contributed by atoms with Crippen LogP contribution in [0.4, 0.5) is 4.39 Å². The maximum atomic E-state index is 13.3. The Labute approximate surface area is 170 Å². The van der Waals surface area contributed by atoms with Crippen LogP contribution >= 0.6 is 0 Å². The highest BCUT2D eigenvalue weighted by molar-refractivity contribution is 5.80. The number of hydrogen-bond donors (Lipinski definition) is 2. The number of ether oxygens (including phenoxy) is 2. The molecule has 0 saturated heterocycles. The highest BCUT2D eigenvalue weighted by Gasteiger charge is 2.22. The van der Waals surface area contributed by atoms with E-state index in [9.17, 15) is 4.39 Å². The van der Waals surface area contributed by atoms with E-state index in [4.69, 9.17) is 9.47 Å². The van der Waals surface area contributed by atoms with Gasteiger partial charge >= 0.3 is 0 Å². The van der Waals surface area contributed by atoms with Gasteiger partial charge in [-0.25, -0.2) is 19.0 Å². The lowest BCUT2D eigenvalue weighted by atomic mass is 10.1. The molecule has 0 saturated carbocycles. The SMILES string of the molecule is CCNC(=NCC(C)Oc1cccc(F)c1)NC1CCc2nc(COC)nn2C1. The Morgan fingerprint density at radius 2 is 2.31 bits per heavy atom. The summed E-state index contributed by atoms with van der Waals surface area (Å²) in [5, 5.41) is 11.2. The minimum atomic E-state index is -0.313. The number of aromatic nitrogens is 3. The van der Waals surface area contributed by atoms with Crippen LogP contribution in [0.1, 0.15) is 31.9 Å². The van der Waals surface area contributed by atoms with Gasteiger partial charge in [-0.3, -0.25) is 0 Å². The zero-order chi connectivity index (χ0) is 20.6. The number of aryl methyl sites for hydroxylation is 1. The molecule has 2 aromatic rings. The average molecular weight is 404 g/mol. The van der Waals surface area contributed by atoms with Crippen LogP contribution in [0.2, 0.25) is 0 Å². The van der Waals surface area contributed by atoms with Gasteiger partial charge in [0.25, 0.3) is 0 Å². The zero-order valence-corrected chi connectivity index (χ0v) is 17.2. The van der Waals surface area contributed by atoms with Crippen LogP contribution in [-0.2, 0) is 24.3 Å². The van der Waals surface area contributed by atoms with Gasteiger partial charge in [0.05, 0.1) is 13.1 Å². The molecular weight excluding hydrogens is 375 g/mol. The second-order valence-corrected chi connectivity index (χ2v) is 7.04. The third-order valence-corrected chi connectivity index (χ3v) is 4.50. The first kappa shape index (κ1) is 21.0. The van der Waals surface area contributed by atoms with Crippen molar-refractivity contribution < 1.29 is 13.9 Å². The summed E-state index contributed by atoms with van der Waals surface area (Å²) in [5.41, 5.74) is 0. The van der Waals surface area contributed by atoms with Gasteiger partial charge in [-0.1, -0.05) is 6.07 Å². The maximum Gasteiger partial charge on any atom is 0.191 e. The van der Waals surface area contributed by atoms with E-state index in [1.807, 2.05) is 18.5 Å². The first-order chi connectivity index (χ1) is 14.1. The molecule has 0 bridgehead atoms. The largest absolute Gasteiger partial charge is 0.489 e. The fourth-order valence-electron chi connectivity index (χ4n) is 3.21. The summed E-state index contributed by atoms with van der Waals surface area (Å²) >= 11 is 0. The third-order valence-electron chi connectivity index (χ3n) is 4.50. The zero-order valence-electron chi connectivity index (χ0n) is 17.2. The summed E-state index contributed by atoms with van der Waals surface area (Å²) in [4.78, 5) is 9.13. The number of methoxy groups -OCH3 is 1. The Bertz CT molecular complexity index is 825. The minimum absolute atomic E-state index is 0.183. The monoisotopic (exact) mass is 404 g/mol. The van der Waals surface area contributed by atoms with Crippen molar-refractivity contribution in [2.75, 3.05) is 20.2 Å². The molecule has 1 aromatic carbocycles. The van der Waals surface area contributed by atoms with E-state index in [-0.39, 0.29) is 18.0 Å². The Hall–Kier alpha value is -2.68. The standard InChI is InChI=1S/C20H29FN6O2/c1-4-22-20(23-11-14(2)29-17-7-5-6-15(21)10-17)24-16-8-9-19-25-18(13-28-3)26-27(19)12-16/h5-7,10,14,16H,4,8-9,11-13H2,1-3H3,(H2,22,23,24). The van der Waals surface area contributed by atoms with Crippen LogP contribution in [-0.4, -0.2) is 53.1 Å². The van der Waals surface area contributed by atoms with Crippen molar-refractivity contribution in [1.82, 2.24) is 25.4 Å². The van der Waals surface area contributed by atoms with Gasteiger partial charge in [0.2, 0.25) is 0 Å². The number of rotatable bonds is 8. The van der Waals surface area contributed by atoms with E-state index >= 15 is 0 Å². The van der Waals surface area contributed by atoms with Crippen molar-refractivity contribution in [3.63, 3.8) is 0 Å². The molecule has 8 nitrogen and oxygen atoms in total. The smallest absolute Gasteiger partial charge is 0.191 e. The van der Waals surface area contributed by atoms with Crippen molar-refractivity contribution in [2.24, 2.45) is 4.99 Å². The first-order valence-corrected chi connectivity index (χ1v) is 9.96. The Balaban J connectivity index is 1.56. The summed E-state index contributed by atoms with van der Waals surface area (Å²) in [6.07, 6.45) is 1.62. The van der Waals surface area contributed by atoms with Crippen molar-refractivity contribution in [2.45, 2.75) is 52.0 Å². The molecule has 1 aliphatic rings. The number of guanidine groups is 1. The molecule has 2 heterocycles. The molecular formula is C20H29FN6O2. The number of aliphatic imine (C=N–C) groups is 1. The molecule has 3 rings (SSSR count). The Kier molecular flexibility index (Phi) is 7.40. The van der Waals surface area contributed by atoms with Gasteiger partial charge in [0.1, 0.15) is 30.1 Å². The van der Waals surface area contributed by atoms with Crippen LogP contribution in [0.3, 0.4) is 0 Å². The number of fused-ring (bicyclic) bond motifs is 1. The molecule has 29 heavy (non-hydrogen) atoms. The van der Waals surface area contributed by atoms with E-state index in [0.717, 1.165) is 37.7 Å². The average Bonchev–Trinajstić information content (AvgIpc) is 3.08. The summed E-state index contributed by atoms with van der Waals surface area (Å²) in [6, 6.07) is 6.34. The fourth-order valence-corrected chi connectivity index (χ4v) is 3.21. The van der Waals surface area contributed by atoms with E-state index < -0.39 is 0 Å². The predicted molar refractivity (Wildman–Crippen MR) is 108 cm³/mol. The van der Waals surface area contributed by atoms with Gasteiger partial charge in [-0.2, -0.15) is 5.10 Å². The molecule has 0 radical (unpaired) electrons. The highest BCUT2D eigenvalue weighted by Crippen LogP contribution is 2.15. The fraction of sp³-hybridized carbons (Fsp3) is 0.550. The molecule has 1 aromatic heterocycles. The number of nitrogens with zero attached hydrogens (tertiary/aromatic N) is 4. The molecule has 0 fully saturated rings. The summed E-state index contributed by atoms with van der Waals surface area (Å²) in [6.45, 7) is 6.29. The molecule has 9 heteroatoms. The quantitative estimate of drug-likeness (QED) is 0.516. The number of nitrogens with one attached hydrogen (secondary N) is 2. The van der Waals surface area contributed by atoms with Gasteiger partial charge in [-0.05, 0) is 32.4 Å². The van der Waals surface area contributed by atoms with Gasteiger partial charge in [0, 0.05) is 32.2 Å². The van der Waals surface area contributed by atoms with Gasteiger partial charge in [-0.15, -0.1) is 0 Å². The molecule has 0 spiro atoms. The molecule has 0 amide bonds. The van der Waals surface area contributed by atoms with Crippen LogP contribution < -0.4 is 15.4 Å². The lowest BCUT2D eigenvalue weighted by molar-refractivity contribution is 0.177. The van der Waals surface area contributed by atoms with Crippen LogP contribution in [0.25, 0.3) is 0 Å². The summed E-state index contributed by atoms with van der Waals surface area (Å²) in [7, 11) is 1.64. The van der Waals surface area contributed by atoms with E-state index in [2.05, 4.69) is 25.7 Å². The number of hydrogen-bond acceptors (Lipinski definition) is 5. The molecule has 0 aliphatic carbocycles. The maximum absolute atomic E-state index is 13.3. The number of halogens is 1. The topological polar surface area (TPSA) is 85.6 Å². The van der Waals surface area contributed by atoms with Crippen LogP contribution in [0.5, 0.6) is 5.75 Å². The second kappa shape index (κ2) is 10.2.